The lowest BCUT2D eigenvalue weighted by atomic mass is 10.2. The summed E-state index contributed by atoms with van der Waals surface area (Å²) in [7, 11) is 0. The smallest absolute Gasteiger partial charge is 0.480 e. The zero-order chi connectivity index (χ0) is 25.3. The summed E-state index contributed by atoms with van der Waals surface area (Å²) < 4.78 is 2.15. The molecule has 0 unspecified atom stereocenters. The lowest BCUT2D eigenvalue weighted by Crippen LogP contribution is -2.24. The maximum Gasteiger partial charge on any atom is 0.503 e. The van der Waals surface area contributed by atoms with Gasteiger partial charge in [-0.1, -0.05) is 24.3 Å². The summed E-state index contributed by atoms with van der Waals surface area (Å²) in [4.78, 5) is 60.9. The third kappa shape index (κ3) is 6.98. The van der Waals surface area contributed by atoms with Gasteiger partial charge in [0.05, 0.1) is 34.5 Å². The topological polar surface area (TPSA) is 202 Å². The molecule has 0 aliphatic carbocycles. The van der Waals surface area contributed by atoms with E-state index in [0.29, 0.717) is 21.8 Å². The summed E-state index contributed by atoms with van der Waals surface area (Å²) in [5.74, 6) is -2.12. The fourth-order valence-corrected chi connectivity index (χ4v) is 2.73. The Bertz CT molecular complexity index is 1350. The average molecular weight is 470 g/mol. The molecule has 0 spiro atoms. The van der Waals surface area contributed by atoms with Crippen LogP contribution in [-0.2, 0) is 22.7 Å². The van der Waals surface area contributed by atoms with Crippen LogP contribution in [-0.4, -0.2) is 57.6 Å². The van der Waals surface area contributed by atoms with Gasteiger partial charge < -0.3 is 20.4 Å². The number of aromatic nitrogens is 4. The van der Waals surface area contributed by atoms with E-state index in [1.54, 1.807) is 48.5 Å². The summed E-state index contributed by atoms with van der Waals surface area (Å²) in [5, 5.41) is 32.0. The number of rotatable bonds is 4. The standard InChI is InChI=1S/2C10H8N2O3.CH2O3/c2*13-9(14)5-12-6-11-8-4-2-1-3-7(8)10(12)15;2-1(3)4/h2*1-4,6H,5H2,(H,13,14);(H2,2,3,4). The molecule has 13 nitrogen and oxygen atoms in total. The van der Waals surface area contributed by atoms with Gasteiger partial charge in [-0.05, 0) is 24.3 Å². The molecule has 0 saturated carbocycles. The lowest BCUT2D eigenvalue weighted by Gasteiger charge is -2.02. The summed E-state index contributed by atoms with van der Waals surface area (Å²) in [6.45, 7) is -0.729. The van der Waals surface area contributed by atoms with Crippen molar-refractivity contribution in [1.82, 2.24) is 19.1 Å². The van der Waals surface area contributed by atoms with Gasteiger partial charge in [-0.15, -0.1) is 0 Å². The van der Waals surface area contributed by atoms with Crippen LogP contribution in [0.3, 0.4) is 0 Å². The van der Waals surface area contributed by atoms with Gasteiger partial charge in [0.25, 0.3) is 11.1 Å². The number of carboxylic acids is 2. The molecular formula is C21H18N4O9. The molecule has 0 saturated heterocycles. The van der Waals surface area contributed by atoms with Crippen LogP contribution in [0.5, 0.6) is 0 Å². The molecule has 2 aromatic carbocycles. The average Bonchev–Trinajstić information content (AvgIpc) is 2.78. The minimum absolute atomic E-state index is 0.331. The van der Waals surface area contributed by atoms with E-state index in [9.17, 15) is 19.2 Å². The second-order valence-corrected chi connectivity index (χ2v) is 6.46. The molecule has 0 aliphatic heterocycles. The Morgan fingerprint density at radius 3 is 1.29 bits per heavy atom. The number of aliphatic carboxylic acids is 2. The summed E-state index contributed by atoms with van der Waals surface area (Å²) in [6.07, 6.45) is 0.664. The van der Waals surface area contributed by atoms with Gasteiger partial charge in [0.1, 0.15) is 13.1 Å². The molecule has 0 atom stereocenters. The molecule has 2 heterocycles. The molecule has 13 heteroatoms. The van der Waals surface area contributed by atoms with Crippen LogP contribution >= 0.6 is 0 Å². The molecule has 176 valence electrons. The van der Waals surface area contributed by atoms with Gasteiger partial charge in [0.2, 0.25) is 0 Å². The highest BCUT2D eigenvalue weighted by Gasteiger charge is 2.06. The predicted molar refractivity (Wildman–Crippen MR) is 118 cm³/mol. The first-order valence-corrected chi connectivity index (χ1v) is 9.34. The zero-order valence-corrected chi connectivity index (χ0v) is 17.3. The van der Waals surface area contributed by atoms with E-state index in [0.717, 1.165) is 9.13 Å². The monoisotopic (exact) mass is 470 g/mol. The minimum Gasteiger partial charge on any atom is -0.480 e. The fraction of sp³-hybridized carbons (Fsp3) is 0.0952. The number of fused-ring (bicyclic) bond motifs is 2. The van der Waals surface area contributed by atoms with Crippen LogP contribution in [0, 0.1) is 0 Å². The Morgan fingerprint density at radius 2 is 0.971 bits per heavy atom. The van der Waals surface area contributed by atoms with Gasteiger partial charge in [0.15, 0.2) is 0 Å². The Kier molecular flexibility index (Phi) is 8.54. The van der Waals surface area contributed by atoms with E-state index in [1.165, 1.54) is 12.7 Å². The Labute approximate surface area is 189 Å². The third-order valence-electron chi connectivity index (χ3n) is 4.07. The van der Waals surface area contributed by atoms with E-state index < -0.39 is 18.1 Å². The molecule has 4 N–H and O–H groups in total. The van der Waals surface area contributed by atoms with Gasteiger partial charge in [-0.2, -0.15) is 0 Å². The molecule has 4 aromatic rings. The molecule has 4 rings (SSSR count). The SMILES string of the molecule is O=C(O)Cn1cnc2ccccc2c1=O.O=C(O)Cn1cnc2ccccc2c1=O.O=C(O)O. The van der Waals surface area contributed by atoms with Crippen molar-refractivity contribution in [1.29, 1.82) is 0 Å². The highest BCUT2D eigenvalue weighted by atomic mass is 16.6. The van der Waals surface area contributed by atoms with Crippen LogP contribution < -0.4 is 11.1 Å². The van der Waals surface area contributed by atoms with Crippen molar-refractivity contribution >= 4 is 39.9 Å². The quantitative estimate of drug-likeness (QED) is 0.333. The zero-order valence-electron chi connectivity index (χ0n) is 17.3. The van der Waals surface area contributed by atoms with E-state index in [2.05, 4.69) is 9.97 Å². The van der Waals surface area contributed by atoms with E-state index in [-0.39, 0.29) is 24.2 Å². The van der Waals surface area contributed by atoms with Crippen LogP contribution in [0.2, 0.25) is 0 Å². The van der Waals surface area contributed by atoms with Gasteiger partial charge in [0, 0.05) is 0 Å². The van der Waals surface area contributed by atoms with Crippen LogP contribution in [0.25, 0.3) is 21.8 Å². The second kappa shape index (κ2) is 11.5. The van der Waals surface area contributed by atoms with E-state index in [1.807, 2.05) is 0 Å². The number of carbonyl (C=O) groups is 3. The Balaban J connectivity index is 0.000000208. The van der Waals surface area contributed by atoms with E-state index in [4.69, 9.17) is 25.2 Å². The van der Waals surface area contributed by atoms with Crippen molar-refractivity contribution in [3.63, 3.8) is 0 Å². The molecule has 0 amide bonds. The third-order valence-corrected chi connectivity index (χ3v) is 4.07. The normalized spacial score (nSPS) is 9.88. The number of carboxylic acid groups (broad SMARTS) is 4. The van der Waals surface area contributed by atoms with Gasteiger partial charge in [-0.3, -0.25) is 28.3 Å². The first-order chi connectivity index (χ1) is 16.1. The fourth-order valence-electron chi connectivity index (χ4n) is 2.73. The first kappa shape index (κ1) is 25.2. The second-order valence-electron chi connectivity index (χ2n) is 6.46. The first-order valence-electron chi connectivity index (χ1n) is 9.34. The largest absolute Gasteiger partial charge is 0.503 e. The number of hydrogen-bond acceptors (Lipinski definition) is 7. The highest BCUT2D eigenvalue weighted by Crippen LogP contribution is 2.05. The van der Waals surface area contributed by atoms with Crippen LogP contribution in [0.4, 0.5) is 4.79 Å². The summed E-state index contributed by atoms with van der Waals surface area (Å²) >= 11 is 0. The molecule has 34 heavy (non-hydrogen) atoms. The van der Waals surface area contributed by atoms with E-state index >= 15 is 0 Å². The summed E-state index contributed by atoms with van der Waals surface area (Å²) in [5.41, 5.74) is 0.485. The number of hydrogen-bond donors (Lipinski definition) is 4. The molecule has 0 radical (unpaired) electrons. The van der Waals surface area contributed by atoms with Crippen molar-refractivity contribution in [2.45, 2.75) is 13.1 Å². The predicted octanol–water partition coefficient (Wildman–Crippen LogP) is 1.18. The Hall–Kier alpha value is -5.07. The van der Waals surface area contributed by atoms with Crippen molar-refractivity contribution < 1.29 is 34.8 Å². The van der Waals surface area contributed by atoms with Crippen molar-refractivity contribution in [3.8, 4) is 0 Å². The maximum absolute atomic E-state index is 11.7. The van der Waals surface area contributed by atoms with Crippen molar-refractivity contribution in [2.75, 3.05) is 0 Å². The Morgan fingerprint density at radius 1 is 0.647 bits per heavy atom. The highest BCUT2D eigenvalue weighted by molar-refractivity contribution is 5.78. The van der Waals surface area contributed by atoms with Crippen molar-refractivity contribution in [2.24, 2.45) is 0 Å². The van der Waals surface area contributed by atoms with Gasteiger partial charge in [-0.25, -0.2) is 14.8 Å². The maximum atomic E-state index is 11.7. The molecule has 2 aromatic heterocycles. The molecule has 0 fully saturated rings. The lowest BCUT2D eigenvalue weighted by molar-refractivity contribution is -0.138. The van der Waals surface area contributed by atoms with Gasteiger partial charge >= 0.3 is 18.1 Å². The summed E-state index contributed by atoms with van der Waals surface area (Å²) in [6, 6.07) is 13.7. The molecular weight excluding hydrogens is 452 g/mol. The van der Waals surface area contributed by atoms with Crippen LogP contribution in [0.15, 0.2) is 70.8 Å². The van der Waals surface area contributed by atoms with Crippen molar-refractivity contribution in [3.05, 3.63) is 81.9 Å². The number of nitrogens with zero attached hydrogens (tertiary/aromatic N) is 4. The molecule has 0 bridgehead atoms. The van der Waals surface area contributed by atoms with Crippen LogP contribution in [0.1, 0.15) is 0 Å². The molecule has 0 aliphatic rings. The minimum atomic E-state index is -1.83. The number of benzene rings is 2. The number of para-hydroxylation sites is 2.